The summed E-state index contributed by atoms with van der Waals surface area (Å²) in [5, 5.41) is 3.93. The molecular formula is C19H16Cl2F2N3O4PS. The van der Waals surface area contributed by atoms with Gasteiger partial charge in [-0.2, -0.15) is 13.9 Å². The second-order valence-electron chi connectivity index (χ2n) is 6.62. The van der Waals surface area contributed by atoms with Gasteiger partial charge in [0.1, 0.15) is 10.6 Å². The highest BCUT2D eigenvalue weighted by molar-refractivity contribution is 7.90. The number of nitrogens with one attached hydrogen (secondary N) is 1. The van der Waals surface area contributed by atoms with E-state index in [-0.39, 0.29) is 43.2 Å². The molecule has 1 N–H and O–H groups in total. The molecule has 2 aromatic carbocycles. The number of halogens is 4. The normalized spacial score (nSPS) is 12.0. The average Bonchev–Trinajstić information content (AvgIpc) is 3.08. The van der Waals surface area contributed by atoms with Crippen molar-refractivity contribution in [2.75, 3.05) is 7.11 Å². The predicted molar refractivity (Wildman–Crippen MR) is 120 cm³/mol. The molecule has 13 heteroatoms. The zero-order valence-electron chi connectivity index (χ0n) is 16.6. The second-order valence-corrected chi connectivity index (χ2v) is 9.84. The minimum absolute atomic E-state index is 0.0575. The van der Waals surface area contributed by atoms with Gasteiger partial charge in [0.05, 0.1) is 17.8 Å². The van der Waals surface area contributed by atoms with Gasteiger partial charge in [0, 0.05) is 29.3 Å². The summed E-state index contributed by atoms with van der Waals surface area (Å²) in [6, 6.07) is 8.94. The molecule has 0 spiro atoms. The van der Waals surface area contributed by atoms with Gasteiger partial charge in [-0.25, -0.2) is 13.1 Å². The minimum Gasteiger partial charge on any atom is -0.497 e. The van der Waals surface area contributed by atoms with Crippen LogP contribution in [0.15, 0.2) is 47.4 Å². The van der Waals surface area contributed by atoms with Crippen LogP contribution in [0.25, 0.3) is 11.3 Å². The van der Waals surface area contributed by atoms with E-state index in [2.05, 4.69) is 5.10 Å². The third kappa shape index (κ3) is 5.20. The van der Waals surface area contributed by atoms with Crippen LogP contribution in [-0.2, 0) is 22.7 Å². The molecule has 0 aliphatic rings. The van der Waals surface area contributed by atoms with Crippen LogP contribution >= 0.6 is 32.4 Å². The number of sulfonamides is 1. The Balaban J connectivity index is 1.94. The van der Waals surface area contributed by atoms with E-state index in [0.29, 0.717) is 0 Å². The molecular weight excluding hydrogens is 506 g/mol. The number of ether oxygens (including phenoxy) is 1. The van der Waals surface area contributed by atoms with Crippen molar-refractivity contribution < 1.29 is 26.7 Å². The Bertz CT molecular complexity index is 1310. The first-order valence-electron chi connectivity index (χ1n) is 8.74. The molecule has 0 fully saturated rings. The van der Waals surface area contributed by atoms with E-state index in [0.717, 1.165) is 12.1 Å². The van der Waals surface area contributed by atoms with Gasteiger partial charge in [0.2, 0.25) is 0 Å². The fourth-order valence-electron chi connectivity index (χ4n) is 2.82. The molecule has 1 heterocycles. The Labute approximate surface area is 194 Å². The lowest BCUT2D eigenvalue weighted by atomic mass is 10.1. The number of aryl methyl sites for hydroxylation is 1. The lowest BCUT2D eigenvalue weighted by molar-refractivity contribution is 0.0975. The summed E-state index contributed by atoms with van der Waals surface area (Å²) in [5.41, 5.74) is -3.30. The molecule has 170 valence electrons. The van der Waals surface area contributed by atoms with Crippen LogP contribution in [0.4, 0.5) is 8.78 Å². The molecule has 1 amide bonds. The molecule has 0 aliphatic carbocycles. The second kappa shape index (κ2) is 8.94. The summed E-state index contributed by atoms with van der Waals surface area (Å²) >= 11 is 11.9. The van der Waals surface area contributed by atoms with Gasteiger partial charge in [-0.05, 0) is 36.4 Å². The van der Waals surface area contributed by atoms with Crippen molar-refractivity contribution in [2.45, 2.75) is 10.6 Å². The molecule has 1 aromatic heterocycles. The van der Waals surface area contributed by atoms with Gasteiger partial charge >= 0.3 is 0 Å². The van der Waals surface area contributed by atoms with Crippen molar-refractivity contribution in [1.82, 2.24) is 14.5 Å². The van der Waals surface area contributed by atoms with Gasteiger partial charge in [0.15, 0.2) is 5.69 Å². The van der Waals surface area contributed by atoms with Crippen LogP contribution in [0.1, 0.15) is 16.1 Å². The van der Waals surface area contributed by atoms with E-state index in [1.165, 1.54) is 58.4 Å². The van der Waals surface area contributed by atoms with E-state index in [1.54, 1.807) is 0 Å². The Morgan fingerprint density at radius 3 is 2.50 bits per heavy atom. The maximum absolute atomic E-state index is 13.7. The number of carbonyl (C=O) groups is 1. The number of methoxy groups -OCH3 is 1. The van der Waals surface area contributed by atoms with E-state index >= 15 is 0 Å². The van der Waals surface area contributed by atoms with E-state index < -0.39 is 21.6 Å². The third-order valence-electron chi connectivity index (χ3n) is 4.35. The molecule has 3 aromatic rings. The molecule has 0 saturated heterocycles. The summed E-state index contributed by atoms with van der Waals surface area (Å²) in [4.78, 5) is 12.2. The number of benzene rings is 2. The largest absolute Gasteiger partial charge is 0.497 e. The highest BCUT2D eigenvalue weighted by Gasteiger charge is 2.27. The third-order valence-corrected chi connectivity index (χ3v) is 6.71. The number of carbonyl (C=O) groups excluding carboxylic acids is 1. The van der Waals surface area contributed by atoms with Crippen molar-refractivity contribution >= 4 is 48.4 Å². The highest BCUT2D eigenvalue weighted by Crippen LogP contribution is 2.38. The smallest absolute Gasteiger partial charge is 0.285 e. The Morgan fingerprint density at radius 2 is 1.88 bits per heavy atom. The predicted octanol–water partition coefficient (Wildman–Crippen LogP) is 4.45. The first-order chi connectivity index (χ1) is 14.8. The number of hydrogen-bond donors (Lipinski definition) is 1. The standard InChI is InChI=1S/C19H16Cl2F2N3O4PS/c1-26-16(10-5-11(19(22,23)31)7-12(20)6-10)9-15(24-26)18(27)25-32(28,29)17-8-13(30-2)3-4-14(17)21/h3-9H,31H2,1-2H3,(H,25,27). The van der Waals surface area contributed by atoms with Gasteiger partial charge in [-0.3, -0.25) is 9.48 Å². The number of amides is 1. The van der Waals surface area contributed by atoms with Crippen molar-refractivity contribution in [3.05, 3.63) is 63.8 Å². The first kappa shape index (κ1) is 24.4. The fourth-order valence-corrected chi connectivity index (χ4v) is 4.70. The molecule has 1 unspecified atom stereocenters. The number of nitrogens with zero attached hydrogens (tertiary/aromatic N) is 2. The molecule has 0 radical (unpaired) electrons. The molecule has 0 saturated carbocycles. The Hall–Kier alpha value is -2.26. The summed E-state index contributed by atoms with van der Waals surface area (Å²) < 4.78 is 60.9. The van der Waals surface area contributed by atoms with Crippen LogP contribution < -0.4 is 9.46 Å². The van der Waals surface area contributed by atoms with Crippen LogP contribution in [0, 0.1) is 0 Å². The summed E-state index contributed by atoms with van der Waals surface area (Å²) in [7, 11) is -0.113. The summed E-state index contributed by atoms with van der Waals surface area (Å²) in [5.74, 6) is -0.811. The Morgan fingerprint density at radius 1 is 1.19 bits per heavy atom. The lowest BCUT2D eigenvalue weighted by Gasteiger charge is -2.13. The molecule has 1 atom stereocenters. The molecule has 0 bridgehead atoms. The molecule has 0 aliphatic heterocycles. The molecule has 7 nitrogen and oxygen atoms in total. The van der Waals surface area contributed by atoms with Gasteiger partial charge in [0.25, 0.3) is 21.6 Å². The van der Waals surface area contributed by atoms with Crippen LogP contribution in [0.5, 0.6) is 5.75 Å². The minimum atomic E-state index is -4.36. The zero-order valence-corrected chi connectivity index (χ0v) is 20.0. The van der Waals surface area contributed by atoms with Crippen LogP contribution in [-0.4, -0.2) is 31.2 Å². The fraction of sp³-hybridized carbons (Fsp3) is 0.158. The summed E-state index contributed by atoms with van der Waals surface area (Å²) in [6.45, 7) is 0. The number of hydrogen-bond acceptors (Lipinski definition) is 5. The van der Waals surface area contributed by atoms with Gasteiger partial charge in [-0.1, -0.05) is 32.4 Å². The SMILES string of the molecule is COc1ccc(Cl)c(S(=O)(=O)NC(=O)c2cc(-c3cc(Cl)cc(C(F)(F)P)c3)n(C)n2)c1. The van der Waals surface area contributed by atoms with Crippen molar-refractivity contribution in [3.8, 4) is 17.0 Å². The van der Waals surface area contributed by atoms with Crippen LogP contribution in [0.3, 0.4) is 0 Å². The lowest BCUT2D eigenvalue weighted by Crippen LogP contribution is -2.31. The Kier molecular flexibility index (Phi) is 6.81. The van der Waals surface area contributed by atoms with Crippen LogP contribution in [0.2, 0.25) is 10.0 Å². The van der Waals surface area contributed by atoms with Gasteiger partial charge in [-0.15, -0.1) is 0 Å². The number of rotatable bonds is 6. The van der Waals surface area contributed by atoms with E-state index in [4.69, 9.17) is 27.9 Å². The first-order valence-corrected chi connectivity index (χ1v) is 11.6. The highest BCUT2D eigenvalue weighted by atomic mass is 35.5. The monoisotopic (exact) mass is 521 g/mol. The van der Waals surface area contributed by atoms with Crippen molar-refractivity contribution in [3.63, 3.8) is 0 Å². The molecule has 32 heavy (non-hydrogen) atoms. The van der Waals surface area contributed by atoms with E-state index in [1.807, 2.05) is 4.72 Å². The number of alkyl halides is 2. The zero-order chi connectivity index (χ0) is 23.8. The number of aromatic nitrogens is 2. The maximum atomic E-state index is 13.7. The molecule has 3 rings (SSSR count). The topological polar surface area (TPSA) is 90.3 Å². The summed E-state index contributed by atoms with van der Waals surface area (Å²) in [6.07, 6.45) is 0. The van der Waals surface area contributed by atoms with Crippen molar-refractivity contribution in [1.29, 1.82) is 0 Å². The van der Waals surface area contributed by atoms with Crippen molar-refractivity contribution in [2.24, 2.45) is 7.05 Å². The quantitative estimate of drug-likeness (QED) is 0.484. The average molecular weight is 522 g/mol. The van der Waals surface area contributed by atoms with Gasteiger partial charge < -0.3 is 4.74 Å². The van der Waals surface area contributed by atoms with E-state index in [9.17, 15) is 22.0 Å². The maximum Gasteiger partial charge on any atom is 0.285 e.